The van der Waals surface area contributed by atoms with Crippen molar-refractivity contribution < 1.29 is 14.3 Å². The molecule has 0 saturated heterocycles. The van der Waals surface area contributed by atoms with E-state index in [1.807, 2.05) is 24.3 Å². The number of anilines is 1. The van der Waals surface area contributed by atoms with Gasteiger partial charge in [0.1, 0.15) is 6.04 Å². The summed E-state index contributed by atoms with van der Waals surface area (Å²) in [6.45, 7) is 0.601. The molecular formula is C14H19NO3. The first-order valence-electron chi connectivity index (χ1n) is 6.17. The second-order valence-corrected chi connectivity index (χ2v) is 4.61. The topological polar surface area (TPSA) is 47.6 Å². The third-order valence-electron chi connectivity index (χ3n) is 3.14. The van der Waals surface area contributed by atoms with Crippen molar-refractivity contribution in [2.45, 2.75) is 25.5 Å². The number of rotatable bonds is 6. The second-order valence-electron chi connectivity index (χ2n) is 4.61. The molecule has 1 aliphatic rings. The van der Waals surface area contributed by atoms with E-state index in [9.17, 15) is 4.79 Å². The van der Waals surface area contributed by atoms with Gasteiger partial charge in [-0.25, -0.2) is 4.79 Å². The van der Waals surface area contributed by atoms with Gasteiger partial charge in [0.05, 0.1) is 13.7 Å². The van der Waals surface area contributed by atoms with Crippen LogP contribution < -0.4 is 5.32 Å². The largest absolute Gasteiger partial charge is 0.467 e. The average Bonchev–Trinajstić information content (AvgIpc) is 3.21. The molecule has 98 valence electrons. The van der Waals surface area contributed by atoms with Crippen LogP contribution in [-0.2, 0) is 20.9 Å². The Morgan fingerprint density at radius 2 is 2.00 bits per heavy atom. The molecule has 1 aromatic carbocycles. The van der Waals surface area contributed by atoms with Crippen LogP contribution in [-0.4, -0.2) is 26.2 Å². The maximum absolute atomic E-state index is 11.7. The van der Waals surface area contributed by atoms with E-state index in [2.05, 4.69) is 5.32 Å². The van der Waals surface area contributed by atoms with Crippen LogP contribution >= 0.6 is 0 Å². The molecule has 0 amide bonds. The zero-order valence-corrected chi connectivity index (χ0v) is 10.8. The zero-order valence-electron chi connectivity index (χ0n) is 10.8. The molecule has 1 atom stereocenters. The lowest BCUT2D eigenvalue weighted by molar-refractivity contribution is -0.142. The monoisotopic (exact) mass is 249 g/mol. The Bertz CT molecular complexity index is 398. The van der Waals surface area contributed by atoms with Crippen LogP contribution in [0, 0.1) is 5.92 Å². The molecule has 2 rings (SSSR count). The summed E-state index contributed by atoms with van der Waals surface area (Å²) in [6.07, 6.45) is 2.18. The molecule has 1 unspecified atom stereocenters. The number of hydrogen-bond donors (Lipinski definition) is 1. The fourth-order valence-corrected chi connectivity index (χ4v) is 1.97. The van der Waals surface area contributed by atoms with Crippen molar-refractivity contribution in [1.82, 2.24) is 0 Å². The quantitative estimate of drug-likeness (QED) is 0.785. The van der Waals surface area contributed by atoms with Gasteiger partial charge in [0, 0.05) is 12.8 Å². The van der Waals surface area contributed by atoms with Gasteiger partial charge >= 0.3 is 5.97 Å². The van der Waals surface area contributed by atoms with E-state index in [4.69, 9.17) is 9.47 Å². The number of carbonyl (C=O) groups is 1. The van der Waals surface area contributed by atoms with Crippen LogP contribution in [0.25, 0.3) is 0 Å². The first kappa shape index (κ1) is 12.9. The number of hydrogen-bond acceptors (Lipinski definition) is 4. The summed E-state index contributed by atoms with van der Waals surface area (Å²) in [4.78, 5) is 11.7. The second kappa shape index (κ2) is 5.87. The van der Waals surface area contributed by atoms with E-state index in [0.29, 0.717) is 12.5 Å². The fraction of sp³-hybridized carbons (Fsp3) is 0.500. The van der Waals surface area contributed by atoms with Crippen molar-refractivity contribution in [2.24, 2.45) is 5.92 Å². The van der Waals surface area contributed by atoms with Crippen molar-refractivity contribution in [3.63, 3.8) is 0 Å². The molecular weight excluding hydrogens is 230 g/mol. The van der Waals surface area contributed by atoms with Gasteiger partial charge < -0.3 is 14.8 Å². The van der Waals surface area contributed by atoms with Crippen molar-refractivity contribution in [3.05, 3.63) is 29.8 Å². The summed E-state index contributed by atoms with van der Waals surface area (Å²) in [5.74, 6) is 0.231. The van der Waals surface area contributed by atoms with E-state index in [0.717, 1.165) is 24.1 Å². The van der Waals surface area contributed by atoms with Crippen molar-refractivity contribution in [3.8, 4) is 0 Å². The van der Waals surface area contributed by atoms with E-state index >= 15 is 0 Å². The maximum Gasteiger partial charge on any atom is 0.328 e. The Morgan fingerprint density at radius 3 is 2.50 bits per heavy atom. The van der Waals surface area contributed by atoms with Gasteiger partial charge in [-0.1, -0.05) is 12.1 Å². The minimum absolute atomic E-state index is 0.182. The SMILES string of the molecule is COCc1ccc(NC(C(=O)OC)C2CC2)cc1. The van der Waals surface area contributed by atoms with Gasteiger partial charge in [0.15, 0.2) is 0 Å². The summed E-state index contributed by atoms with van der Waals surface area (Å²) in [5, 5.41) is 3.25. The van der Waals surface area contributed by atoms with E-state index in [1.54, 1.807) is 7.11 Å². The van der Waals surface area contributed by atoms with Gasteiger partial charge in [-0.2, -0.15) is 0 Å². The van der Waals surface area contributed by atoms with Crippen molar-refractivity contribution >= 4 is 11.7 Å². The minimum atomic E-state index is -0.219. The highest BCUT2D eigenvalue weighted by Gasteiger charge is 2.36. The van der Waals surface area contributed by atoms with Gasteiger partial charge in [0.2, 0.25) is 0 Å². The summed E-state index contributed by atoms with van der Waals surface area (Å²) in [6, 6.07) is 7.70. The van der Waals surface area contributed by atoms with Crippen LogP contribution in [0.5, 0.6) is 0 Å². The minimum Gasteiger partial charge on any atom is -0.467 e. The predicted octanol–water partition coefficient (Wildman–Crippen LogP) is 2.20. The Kier molecular flexibility index (Phi) is 4.20. The normalized spacial score (nSPS) is 16.1. The van der Waals surface area contributed by atoms with Gasteiger partial charge in [0.25, 0.3) is 0 Å². The third-order valence-corrected chi connectivity index (χ3v) is 3.14. The van der Waals surface area contributed by atoms with Crippen LogP contribution in [0.15, 0.2) is 24.3 Å². The Hall–Kier alpha value is -1.55. The number of nitrogens with one attached hydrogen (secondary N) is 1. The first-order valence-corrected chi connectivity index (χ1v) is 6.17. The van der Waals surface area contributed by atoms with E-state index in [-0.39, 0.29) is 12.0 Å². The van der Waals surface area contributed by atoms with Crippen LogP contribution in [0.4, 0.5) is 5.69 Å². The standard InChI is InChI=1S/C14H19NO3/c1-17-9-10-3-7-12(8-4-10)15-13(11-5-6-11)14(16)18-2/h3-4,7-8,11,13,15H,5-6,9H2,1-2H3. The smallest absolute Gasteiger partial charge is 0.328 e. The molecule has 1 fully saturated rings. The number of carbonyl (C=O) groups excluding carboxylic acids is 1. The molecule has 1 N–H and O–H groups in total. The molecule has 0 spiro atoms. The summed E-state index contributed by atoms with van der Waals surface area (Å²) in [5.41, 5.74) is 2.06. The van der Waals surface area contributed by atoms with Crippen molar-refractivity contribution in [2.75, 3.05) is 19.5 Å². The highest BCUT2D eigenvalue weighted by Crippen LogP contribution is 2.34. The zero-order chi connectivity index (χ0) is 13.0. The number of ether oxygens (including phenoxy) is 2. The van der Waals surface area contributed by atoms with E-state index < -0.39 is 0 Å². The van der Waals surface area contributed by atoms with Crippen LogP contribution in [0.3, 0.4) is 0 Å². The average molecular weight is 249 g/mol. The molecule has 0 aromatic heterocycles. The summed E-state index contributed by atoms with van der Waals surface area (Å²) < 4.78 is 9.88. The molecule has 0 heterocycles. The highest BCUT2D eigenvalue weighted by molar-refractivity contribution is 5.80. The highest BCUT2D eigenvalue weighted by atomic mass is 16.5. The van der Waals surface area contributed by atoms with Crippen LogP contribution in [0.1, 0.15) is 18.4 Å². The predicted molar refractivity (Wildman–Crippen MR) is 69.3 cm³/mol. The molecule has 18 heavy (non-hydrogen) atoms. The lowest BCUT2D eigenvalue weighted by Gasteiger charge is -2.17. The Morgan fingerprint density at radius 1 is 1.33 bits per heavy atom. The summed E-state index contributed by atoms with van der Waals surface area (Å²) >= 11 is 0. The molecule has 1 aromatic rings. The first-order chi connectivity index (χ1) is 8.74. The third kappa shape index (κ3) is 3.23. The van der Waals surface area contributed by atoms with E-state index in [1.165, 1.54) is 7.11 Å². The number of methoxy groups -OCH3 is 2. The summed E-state index contributed by atoms with van der Waals surface area (Å²) in [7, 11) is 3.10. The Balaban J connectivity index is 2.00. The molecule has 1 saturated carbocycles. The lowest BCUT2D eigenvalue weighted by Crippen LogP contribution is -2.32. The van der Waals surface area contributed by atoms with Gasteiger partial charge in [-0.3, -0.25) is 0 Å². The van der Waals surface area contributed by atoms with Crippen molar-refractivity contribution in [1.29, 1.82) is 0 Å². The fourth-order valence-electron chi connectivity index (χ4n) is 1.97. The molecule has 1 aliphatic carbocycles. The molecule has 0 bridgehead atoms. The molecule has 4 heteroatoms. The number of benzene rings is 1. The van der Waals surface area contributed by atoms with Crippen LogP contribution in [0.2, 0.25) is 0 Å². The number of esters is 1. The Labute approximate surface area is 107 Å². The van der Waals surface area contributed by atoms with Gasteiger partial charge in [-0.05, 0) is 36.5 Å². The lowest BCUT2D eigenvalue weighted by atomic mass is 10.1. The maximum atomic E-state index is 11.7. The molecule has 4 nitrogen and oxygen atoms in total. The molecule has 0 aliphatic heterocycles. The molecule has 0 radical (unpaired) electrons. The van der Waals surface area contributed by atoms with Gasteiger partial charge in [-0.15, -0.1) is 0 Å².